The lowest BCUT2D eigenvalue weighted by Crippen LogP contribution is -2.20. The number of carbonyl (C=O) groups is 2. The quantitative estimate of drug-likeness (QED) is 0.354. The van der Waals surface area contributed by atoms with Crippen molar-refractivity contribution < 1.29 is 24.5 Å². The van der Waals surface area contributed by atoms with Crippen LogP contribution in [0.4, 0.5) is 0 Å². The van der Waals surface area contributed by atoms with Crippen molar-refractivity contribution in [2.45, 2.75) is 19.1 Å². The van der Waals surface area contributed by atoms with Crippen LogP contribution in [0.1, 0.15) is 28.9 Å². The number of rotatable bonds is 6. The van der Waals surface area contributed by atoms with Crippen LogP contribution in [-0.2, 0) is 9.53 Å². The van der Waals surface area contributed by atoms with Gasteiger partial charge in [-0.3, -0.25) is 4.79 Å². The van der Waals surface area contributed by atoms with Crippen molar-refractivity contribution in [2.75, 3.05) is 12.5 Å². The molecule has 1 aromatic rings. The zero-order valence-electron chi connectivity index (χ0n) is 10.4. The Morgan fingerprint density at radius 1 is 1.26 bits per heavy atom. The molecule has 1 rings (SSSR count). The molecule has 0 bridgehead atoms. The second kappa shape index (κ2) is 7.23. The van der Waals surface area contributed by atoms with Crippen LogP contribution in [0.5, 0.6) is 0 Å². The zero-order chi connectivity index (χ0) is 14.4. The molecule has 2 unspecified atom stereocenters. The molecule has 0 heterocycles. The lowest BCUT2D eigenvalue weighted by molar-refractivity contribution is -0.137. The second-order valence-electron chi connectivity index (χ2n) is 3.84. The number of ether oxygens (including phenoxy) is 1. The Bertz CT molecular complexity index is 443. The van der Waals surface area contributed by atoms with E-state index in [0.717, 1.165) is 0 Å². The van der Waals surface area contributed by atoms with Crippen molar-refractivity contribution in [3.63, 3.8) is 0 Å². The minimum absolute atomic E-state index is 0.106. The molecule has 1 aromatic carbocycles. The predicted molar refractivity (Wildman–Crippen MR) is 69.1 cm³/mol. The summed E-state index contributed by atoms with van der Waals surface area (Å²) in [5.74, 6) is -1.78. The molecule has 104 valence electrons. The van der Waals surface area contributed by atoms with E-state index in [1.807, 2.05) is 0 Å². The molecular formula is C13H15ClO5. The van der Waals surface area contributed by atoms with E-state index in [2.05, 4.69) is 4.74 Å². The fraction of sp³-hybridized carbons (Fsp3) is 0.385. The van der Waals surface area contributed by atoms with E-state index >= 15 is 0 Å². The van der Waals surface area contributed by atoms with Gasteiger partial charge in [-0.15, -0.1) is 11.6 Å². The summed E-state index contributed by atoms with van der Waals surface area (Å²) < 4.78 is 4.60. The molecule has 0 aliphatic carbocycles. The number of benzene rings is 1. The molecular weight excluding hydrogens is 272 g/mol. The number of aliphatic hydroxyl groups is 2. The van der Waals surface area contributed by atoms with Gasteiger partial charge >= 0.3 is 5.97 Å². The molecule has 0 aliphatic rings. The highest BCUT2D eigenvalue weighted by molar-refractivity contribution is 6.40. The first kappa shape index (κ1) is 15.6. The maximum atomic E-state index is 11.6. The molecule has 0 amide bonds. The van der Waals surface area contributed by atoms with Crippen LogP contribution in [0.25, 0.3) is 0 Å². The molecule has 0 saturated heterocycles. The van der Waals surface area contributed by atoms with Crippen LogP contribution in [-0.4, -0.2) is 40.6 Å². The number of ketones is 1. The van der Waals surface area contributed by atoms with Gasteiger partial charge in [0.25, 0.3) is 5.78 Å². The van der Waals surface area contributed by atoms with Crippen molar-refractivity contribution in [1.82, 2.24) is 0 Å². The van der Waals surface area contributed by atoms with Crippen LogP contribution in [0, 0.1) is 0 Å². The van der Waals surface area contributed by atoms with Crippen LogP contribution >= 0.6 is 11.6 Å². The molecule has 19 heavy (non-hydrogen) atoms. The van der Waals surface area contributed by atoms with Gasteiger partial charge in [0.2, 0.25) is 0 Å². The van der Waals surface area contributed by atoms with E-state index in [1.54, 1.807) is 6.92 Å². The summed E-state index contributed by atoms with van der Waals surface area (Å²) in [6.07, 6.45) is -2.22. The van der Waals surface area contributed by atoms with Gasteiger partial charge in [-0.2, -0.15) is 0 Å². The number of alkyl halides is 1. The highest BCUT2D eigenvalue weighted by Gasteiger charge is 2.20. The standard InChI is InChI=1S/C13H15ClO5/c1-2-19-13(18)12(17)9-5-3-8(4-6-9)11(16)10(15)7-14/h3-6,10-11,15-16H,2,7H2,1H3. The van der Waals surface area contributed by atoms with Gasteiger partial charge in [-0.1, -0.05) is 24.3 Å². The van der Waals surface area contributed by atoms with Gasteiger partial charge in [-0.05, 0) is 12.5 Å². The molecule has 0 aliphatic heterocycles. The van der Waals surface area contributed by atoms with E-state index < -0.39 is 24.0 Å². The largest absolute Gasteiger partial charge is 0.460 e. The van der Waals surface area contributed by atoms with Gasteiger partial charge in [0.15, 0.2) is 0 Å². The Hall–Kier alpha value is -1.43. The Morgan fingerprint density at radius 2 is 1.84 bits per heavy atom. The van der Waals surface area contributed by atoms with Crippen molar-refractivity contribution in [3.05, 3.63) is 35.4 Å². The summed E-state index contributed by atoms with van der Waals surface area (Å²) in [5, 5.41) is 19.1. The Balaban J connectivity index is 2.82. The minimum atomic E-state index is -1.13. The summed E-state index contributed by atoms with van der Waals surface area (Å²) in [7, 11) is 0. The molecule has 0 spiro atoms. The van der Waals surface area contributed by atoms with E-state index in [9.17, 15) is 19.8 Å². The molecule has 5 nitrogen and oxygen atoms in total. The Kier molecular flexibility index (Phi) is 5.95. The monoisotopic (exact) mass is 286 g/mol. The van der Waals surface area contributed by atoms with Crippen molar-refractivity contribution in [1.29, 1.82) is 0 Å². The van der Waals surface area contributed by atoms with Crippen LogP contribution in [0.3, 0.4) is 0 Å². The predicted octanol–water partition coefficient (Wildman–Crippen LogP) is 1.07. The van der Waals surface area contributed by atoms with Gasteiger partial charge in [0, 0.05) is 5.56 Å². The van der Waals surface area contributed by atoms with E-state index in [0.29, 0.717) is 5.56 Å². The fourth-order valence-corrected chi connectivity index (χ4v) is 1.62. The number of esters is 1. The molecule has 6 heteroatoms. The molecule has 0 aromatic heterocycles. The topological polar surface area (TPSA) is 83.8 Å². The Morgan fingerprint density at radius 3 is 2.32 bits per heavy atom. The van der Waals surface area contributed by atoms with Gasteiger partial charge < -0.3 is 14.9 Å². The SMILES string of the molecule is CCOC(=O)C(=O)c1ccc(C(O)C(O)CCl)cc1. The number of carbonyl (C=O) groups excluding carboxylic acids is 2. The summed E-state index contributed by atoms with van der Waals surface area (Å²) >= 11 is 5.43. The first-order valence-corrected chi connectivity index (χ1v) is 6.28. The molecule has 2 atom stereocenters. The van der Waals surface area contributed by atoms with Gasteiger partial charge in [0.05, 0.1) is 18.6 Å². The van der Waals surface area contributed by atoms with E-state index in [-0.39, 0.29) is 18.1 Å². The van der Waals surface area contributed by atoms with Crippen molar-refractivity contribution in [2.24, 2.45) is 0 Å². The van der Waals surface area contributed by atoms with Gasteiger partial charge in [0.1, 0.15) is 6.10 Å². The highest BCUT2D eigenvalue weighted by atomic mass is 35.5. The van der Waals surface area contributed by atoms with Gasteiger partial charge in [-0.25, -0.2) is 4.79 Å². The van der Waals surface area contributed by atoms with Crippen LogP contribution in [0.15, 0.2) is 24.3 Å². The fourth-order valence-electron chi connectivity index (χ4n) is 1.45. The van der Waals surface area contributed by atoms with Crippen molar-refractivity contribution in [3.8, 4) is 0 Å². The van der Waals surface area contributed by atoms with Crippen LogP contribution < -0.4 is 0 Å². The normalized spacial score (nSPS) is 13.7. The molecule has 2 N–H and O–H groups in total. The number of hydrogen-bond acceptors (Lipinski definition) is 5. The summed E-state index contributed by atoms with van der Waals surface area (Å²) in [6, 6.07) is 5.68. The summed E-state index contributed by atoms with van der Waals surface area (Å²) in [4.78, 5) is 22.8. The number of hydrogen-bond donors (Lipinski definition) is 2. The highest BCUT2D eigenvalue weighted by Crippen LogP contribution is 2.18. The van der Waals surface area contributed by atoms with E-state index in [1.165, 1.54) is 24.3 Å². The number of halogens is 1. The smallest absolute Gasteiger partial charge is 0.379 e. The lowest BCUT2D eigenvalue weighted by Gasteiger charge is -2.15. The maximum absolute atomic E-state index is 11.6. The summed E-state index contributed by atoms with van der Waals surface area (Å²) in [5.41, 5.74) is 0.573. The molecule has 0 saturated carbocycles. The van der Waals surface area contributed by atoms with Crippen LogP contribution in [0.2, 0.25) is 0 Å². The molecule has 0 radical (unpaired) electrons. The number of Topliss-reactive ketones (excluding diaryl/α,β-unsaturated/α-hetero) is 1. The third-order valence-corrected chi connectivity index (χ3v) is 2.81. The first-order chi connectivity index (χ1) is 9.01. The third kappa shape index (κ3) is 4.02. The summed E-state index contributed by atoms with van der Waals surface area (Å²) in [6.45, 7) is 1.74. The second-order valence-corrected chi connectivity index (χ2v) is 4.15. The average molecular weight is 287 g/mol. The first-order valence-electron chi connectivity index (χ1n) is 5.74. The maximum Gasteiger partial charge on any atom is 0.379 e. The zero-order valence-corrected chi connectivity index (χ0v) is 11.1. The van der Waals surface area contributed by atoms with Crippen molar-refractivity contribution >= 4 is 23.4 Å². The third-order valence-electron chi connectivity index (χ3n) is 2.50. The Labute approximate surface area is 115 Å². The van der Waals surface area contributed by atoms with E-state index in [4.69, 9.17) is 11.6 Å². The lowest BCUT2D eigenvalue weighted by atomic mass is 10.0. The minimum Gasteiger partial charge on any atom is -0.460 e. The number of aliphatic hydroxyl groups excluding tert-OH is 2. The molecule has 0 fully saturated rings. The average Bonchev–Trinajstić information content (AvgIpc) is 2.45.